The minimum absolute atomic E-state index is 0.141. The van der Waals surface area contributed by atoms with Gasteiger partial charge in [-0.25, -0.2) is 4.98 Å². The van der Waals surface area contributed by atoms with E-state index in [1.54, 1.807) is 19.4 Å². The Hall–Kier alpha value is -2.56. The summed E-state index contributed by atoms with van der Waals surface area (Å²) in [5, 5.41) is 6.07. The van der Waals surface area contributed by atoms with Crippen LogP contribution in [0.4, 0.5) is 11.4 Å². The van der Waals surface area contributed by atoms with Crippen LogP contribution in [0.3, 0.4) is 0 Å². The van der Waals surface area contributed by atoms with E-state index in [4.69, 9.17) is 4.74 Å². The number of anilines is 2. The zero-order valence-electron chi connectivity index (χ0n) is 12.9. The van der Waals surface area contributed by atoms with E-state index in [0.29, 0.717) is 12.2 Å². The molecule has 0 saturated heterocycles. The van der Waals surface area contributed by atoms with E-state index in [9.17, 15) is 4.79 Å². The molecular weight excluding hydrogens is 278 g/mol. The maximum absolute atomic E-state index is 11.9. The van der Waals surface area contributed by atoms with Crippen molar-refractivity contribution in [3.05, 3.63) is 48.3 Å². The van der Waals surface area contributed by atoms with Gasteiger partial charge in [-0.2, -0.15) is 0 Å². The lowest BCUT2D eigenvalue weighted by molar-refractivity contribution is 0.0948. The Morgan fingerprint density at radius 1 is 1.23 bits per heavy atom. The molecule has 0 bridgehead atoms. The van der Waals surface area contributed by atoms with Crippen LogP contribution in [-0.2, 0) is 0 Å². The number of carbonyl (C=O) groups is 1. The molecule has 1 aromatic carbocycles. The summed E-state index contributed by atoms with van der Waals surface area (Å²) in [6, 6.07) is 11.2. The monoisotopic (exact) mass is 299 g/mol. The minimum Gasteiger partial charge on any atom is -0.495 e. The fourth-order valence-corrected chi connectivity index (χ4v) is 1.97. The summed E-state index contributed by atoms with van der Waals surface area (Å²) >= 11 is 0. The molecular formula is C17H21N3O2. The van der Waals surface area contributed by atoms with Gasteiger partial charge in [0.1, 0.15) is 11.4 Å². The Labute approximate surface area is 130 Å². The van der Waals surface area contributed by atoms with E-state index in [2.05, 4.69) is 22.5 Å². The molecule has 0 aliphatic carbocycles. The van der Waals surface area contributed by atoms with Gasteiger partial charge in [0.2, 0.25) is 0 Å². The molecule has 0 saturated carbocycles. The fourth-order valence-electron chi connectivity index (χ4n) is 1.97. The first-order chi connectivity index (χ1) is 10.7. The maximum atomic E-state index is 11.9. The van der Waals surface area contributed by atoms with Crippen LogP contribution in [0, 0.1) is 0 Å². The average molecular weight is 299 g/mol. The molecule has 0 fully saturated rings. The van der Waals surface area contributed by atoms with Gasteiger partial charge in [0.05, 0.1) is 24.7 Å². The lowest BCUT2D eigenvalue weighted by Gasteiger charge is -2.11. The van der Waals surface area contributed by atoms with Gasteiger partial charge in [0.15, 0.2) is 0 Å². The number of ether oxygens (including phenoxy) is 1. The third kappa shape index (κ3) is 4.22. The van der Waals surface area contributed by atoms with Crippen LogP contribution in [-0.4, -0.2) is 24.5 Å². The third-order valence-electron chi connectivity index (χ3n) is 3.20. The number of hydrogen-bond acceptors (Lipinski definition) is 4. The Balaban J connectivity index is 2.01. The molecule has 5 nitrogen and oxygen atoms in total. The van der Waals surface area contributed by atoms with Gasteiger partial charge < -0.3 is 15.4 Å². The second-order valence-electron chi connectivity index (χ2n) is 4.87. The quantitative estimate of drug-likeness (QED) is 0.769. The van der Waals surface area contributed by atoms with Gasteiger partial charge in [-0.1, -0.05) is 25.5 Å². The highest BCUT2D eigenvalue weighted by atomic mass is 16.5. The van der Waals surface area contributed by atoms with Gasteiger partial charge in [-0.05, 0) is 30.7 Å². The number of aromatic nitrogens is 1. The van der Waals surface area contributed by atoms with Crippen LogP contribution in [0.1, 0.15) is 30.3 Å². The molecule has 2 N–H and O–H groups in total. The molecule has 1 amide bonds. The molecule has 0 aliphatic heterocycles. The topological polar surface area (TPSA) is 63.2 Å². The van der Waals surface area contributed by atoms with Crippen molar-refractivity contribution in [3.63, 3.8) is 0 Å². The first-order valence-corrected chi connectivity index (χ1v) is 7.39. The summed E-state index contributed by atoms with van der Waals surface area (Å²) in [7, 11) is 1.63. The van der Waals surface area contributed by atoms with E-state index in [1.165, 1.54) is 0 Å². The number of rotatable bonds is 7. The Kier molecular flexibility index (Phi) is 5.77. The SMILES string of the molecule is CCCCNC(=O)c1ccc(Nc2ccccc2OC)cn1. The van der Waals surface area contributed by atoms with Gasteiger partial charge >= 0.3 is 0 Å². The van der Waals surface area contributed by atoms with Crippen molar-refractivity contribution in [1.82, 2.24) is 10.3 Å². The van der Waals surface area contributed by atoms with Crippen LogP contribution in [0.15, 0.2) is 42.6 Å². The molecule has 0 spiro atoms. The fraction of sp³-hybridized carbons (Fsp3) is 0.294. The number of hydrogen-bond donors (Lipinski definition) is 2. The largest absolute Gasteiger partial charge is 0.495 e. The van der Waals surface area contributed by atoms with Crippen molar-refractivity contribution in [2.45, 2.75) is 19.8 Å². The molecule has 116 valence electrons. The number of pyridine rings is 1. The molecule has 22 heavy (non-hydrogen) atoms. The Bertz CT molecular complexity index is 612. The second kappa shape index (κ2) is 8.02. The number of nitrogens with zero attached hydrogens (tertiary/aromatic N) is 1. The van der Waals surface area contributed by atoms with Crippen molar-refractivity contribution in [3.8, 4) is 5.75 Å². The third-order valence-corrected chi connectivity index (χ3v) is 3.20. The average Bonchev–Trinajstić information content (AvgIpc) is 2.56. The molecule has 2 rings (SSSR count). The van der Waals surface area contributed by atoms with E-state index < -0.39 is 0 Å². The summed E-state index contributed by atoms with van der Waals surface area (Å²) in [6.07, 6.45) is 3.66. The number of benzene rings is 1. The van der Waals surface area contributed by atoms with E-state index in [0.717, 1.165) is 30.0 Å². The molecule has 2 aromatic rings. The number of amides is 1. The van der Waals surface area contributed by atoms with Crippen molar-refractivity contribution in [2.24, 2.45) is 0 Å². The summed E-state index contributed by atoms with van der Waals surface area (Å²) in [6.45, 7) is 2.76. The number of nitrogens with one attached hydrogen (secondary N) is 2. The van der Waals surface area contributed by atoms with Crippen molar-refractivity contribution < 1.29 is 9.53 Å². The highest BCUT2D eigenvalue weighted by Crippen LogP contribution is 2.26. The highest BCUT2D eigenvalue weighted by molar-refractivity contribution is 5.92. The minimum atomic E-state index is -0.141. The second-order valence-corrected chi connectivity index (χ2v) is 4.87. The van der Waals surface area contributed by atoms with Crippen LogP contribution >= 0.6 is 0 Å². The van der Waals surface area contributed by atoms with Gasteiger partial charge in [-0.3, -0.25) is 4.79 Å². The number of unbranched alkanes of at least 4 members (excludes halogenated alkanes) is 1. The molecule has 0 aliphatic rings. The molecule has 0 radical (unpaired) electrons. The van der Waals surface area contributed by atoms with Crippen molar-refractivity contribution >= 4 is 17.3 Å². The predicted octanol–water partition coefficient (Wildman–Crippen LogP) is 3.36. The standard InChI is InChI=1S/C17H21N3O2/c1-3-4-11-18-17(21)15-10-9-13(12-19-15)20-14-7-5-6-8-16(14)22-2/h5-10,12,20H,3-4,11H2,1-2H3,(H,18,21). The van der Waals surface area contributed by atoms with Crippen molar-refractivity contribution in [2.75, 3.05) is 19.0 Å². The smallest absolute Gasteiger partial charge is 0.269 e. The zero-order valence-corrected chi connectivity index (χ0v) is 12.9. The molecule has 0 unspecified atom stereocenters. The van der Waals surface area contributed by atoms with Crippen LogP contribution in [0.5, 0.6) is 5.75 Å². The lowest BCUT2D eigenvalue weighted by Crippen LogP contribution is -2.25. The predicted molar refractivity (Wildman–Crippen MR) is 87.8 cm³/mol. The Morgan fingerprint density at radius 3 is 2.73 bits per heavy atom. The summed E-state index contributed by atoms with van der Waals surface area (Å²) in [5.74, 6) is 0.612. The van der Waals surface area contributed by atoms with Gasteiger partial charge in [0.25, 0.3) is 5.91 Å². The van der Waals surface area contributed by atoms with Crippen LogP contribution in [0.25, 0.3) is 0 Å². The summed E-state index contributed by atoms with van der Waals surface area (Å²) in [4.78, 5) is 16.1. The number of para-hydroxylation sites is 2. The number of methoxy groups -OCH3 is 1. The van der Waals surface area contributed by atoms with Gasteiger partial charge in [0, 0.05) is 6.54 Å². The van der Waals surface area contributed by atoms with E-state index >= 15 is 0 Å². The lowest BCUT2D eigenvalue weighted by atomic mass is 10.2. The first-order valence-electron chi connectivity index (χ1n) is 7.39. The maximum Gasteiger partial charge on any atom is 0.269 e. The summed E-state index contributed by atoms with van der Waals surface area (Å²) in [5.41, 5.74) is 2.07. The summed E-state index contributed by atoms with van der Waals surface area (Å²) < 4.78 is 5.29. The Morgan fingerprint density at radius 2 is 2.05 bits per heavy atom. The molecule has 5 heteroatoms. The van der Waals surface area contributed by atoms with Gasteiger partial charge in [-0.15, -0.1) is 0 Å². The normalized spacial score (nSPS) is 10.1. The van der Waals surface area contributed by atoms with E-state index in [1.807, 2.05) is 30.3 Å². The number of carbonyl (C=O) groups excluding carboxylic acids is 1. The van der Waals surface area contributed by atoms with Crippen LogP contribution < -0.4 is 15.4 Å². The van der Waals surface area contributed by atoms with Crippen molar-refractivity contribution in [1.29, 1.82) is 0 Å². The highest BCUT2D eigenvalue weighted by Gasteiger charge is 2.07. The molecule has 1 heterocycles. The van der Waals surface area contributed by atoms with E-state index in [-0.39, 0.29) is 5.91 Å². The zero-order chi connectivity index (χ0) is 15.8. The molecule has 1 aromatic heterocycles. The molecule has 0 atom stereocenters. The van der Waals surface area contributed by atoms with Crippen LogP contribution in [0.2, 0.25) is 0 Å². The first kappa shape index (κ1) is 15.8.